The van der Waals surface area contributed by atoms with E-state index in [9.17, 15) is 14.9 Å². The van der Waals surface area contributed by atoms with Gasteiger partial charge in [-0.05, 0) is 18.6 Å². The molecule has 1 heterocycles. The Kier molecular flexibility index (Phi) is 5.78. The van der Waals surface area contributed by atoms with Crippen LogP contribution in [0.5, 0.6) is 0 Å². The monoisotopic (exact) mass is 385 g/mol. The van der Waals surface area contributed by atoms with Crippen molar-refractivity contribution in [1.82, 2.24) is 4.57 Å². The molecule has 0 aliphatic rings. The van der Waals surface area contributed by atoms with Crippen LogP contribution >= 0.6 is 11.3 Å². The molecule has 0 fully saturated rings. The third kappa shape index (κ3) is 4.47. The summed E-state index contributed by atoms with van der Waals surface area (Å²) in [4.78, 5) is 27.8. The average Bonchev–Trinajstić information content (AvgIpc) is 2.97. The van der Waals surface area contributed by atoms with Gasteiger partial charge in [0.25, 0.3) is 11.6 Å². The highest BCUT2D eigenvalue weighted by Crippen LogP contribution is 2.23. The molecular formula is C19H19N3O4S. The summed E-state index contributed by atoms with van der Waals surface area (Å²) >= 11 is 1.26. The second-order valence-corrected chi connectivity index (χ2v) is 7.12. The van der Waals surface area contributed by atoms with Crippen molar-refractivity contribution in [2.45, 2.75) is 19.9 Å². The van der Waals surface area contributed by atoms with Crippen LogP contribution < -0.4 is 4.80 Å². The topological polar surface area (TPSA) is 86.7 Å². The number of aryl methyl sites for hydroxylation is 1. The third-order valence-corrected chi connectivity index (χ3v) is 5.13. The summed E-state index contributed by atoms with van der Waals surface area (Å²) < 4.78 is 7.71. The molecule has 0 aliphatic carbocycles. The number of ether oxygens (including phenoxy) is 1. The number of thiazole rings is 1. The Morgan fingerprint density at radius 3 is 2.67 bits per heavy atom. The predicted octanol–water partition coefficient (Wildman–Crippen LogP) is 3.24. The summed E-state index contributed by atoms with van der Waals surface area (Å²) in [5.41, 5.74) is 2.84. The zero-order valence-electron chi connectivity index (χ0n) is 15.0. The lowest BCUT2D eigenvalue weighted by Gasteiger charge is -2.04. The van der Waals surface area contributed by atoms with Crippen molar-refractivity contribution >= 4 is 33.1 Å². The number of carbonyl (C=O) groups is 1. The SMILES string of the molecule is COCCn1c(=NC(=O)Cc2ccc(C)cc2)sc2cc([N+](=O)[O-])ccc21. The number of fused-ring (bicyclic) bond motifs is 1. The van der Waals surface area contributed by atoms with E-state index >= 15 is 0 Å². The molecule has 1 aromatic heterocycles. The summed E-state index contributed by atoms with van der Waals surface area (Å²) in [5, 5.41) is 11.0. The van der Waals surface area contributed by atoms with E-state index in [1.165, 1.54) is 23.5 Å². The Morgan fingerprint density at radius 2 is 2.00 bits per heavy atom. The average molecular weight is 385 g/mol. The molecule has 140 valence electrons. The Morgan fingerprint density at radius 1 is 1.26 bits per heavy atom. The first-order valence-electron chi connectivity index (χ1n) is 8.38. The van der Waals surface area contributed by atoms with Crippen LogP contribution in [0, 0.1) is 17.0 Å². The minimum atomic E-state index is -0.433. The lowest BCUT2D eigenvalue weighted by molar-refractivity contribution is -0.384. The smallest absolute Gasteiger partial charge is 0.270 e. The van der Waals surface area contributed by atoms with Crippen LogP contribution in [0.25, 0.3) is 10.2 Å². The molecule has 0 radical (unpaired) electrons. The molecule has 8 heteroatoms. The number of carbonyl (C=O) groups excluding carboxylic acids is 1. The van der Waals surface area contributed by atoms with Gasteiger partial charge in [-0.1, -0.05) is 41.2 Å². The zero-order valence-corrected chi connectivity index (χ0v) is 15.9. The normalized spacial score (nSPS) is 11.9. The van der Waals surface area contributed by atoms with Crippen molar-refractivity contribution < 1.29 is 14.5 Å². The fourth-order valence-electron chi connectivity index (χ4n) is 2.69. The Hall–Kier alpha value is -2.84. The van der Waals surface area contributed by atoms with Gasteiger partial charge >= 0.3 is 0 Å². The first kappa shape index (κ1) is 18.9. The maximum atomic E-state index is 12.4. The number of hydrogen-bond donors (Lipinski definition) is 0. The molecule has 0 saturated heterocycles. The van der Waals surface area contributed by atoms with Gasteiger partial charge in [-0.15, -0.1) is 0 Å². The van der Waals surface area contributed by atoms with E-state index in [2.05, 4.69) is 4.99 Å². The van der Waals surface area contributed by atoms with E-state index < -0.39 is 4.92 Å². The lowest BCUT2D eigenvalue weighted by Crippen LogP contribution is -2.19. The molecule has 0 N–H and O–H groups in total. The van der Waals surface area contributed by atoms with Crippen molar-refractivity contribution in [3.05, 3.63) is 68.5 Å². The molecule has 0 bridgehead atoms. The van der Waals surface area contributed by atoms with E-state index in [-0.39, 0.29) is 18.0 Å². The van der Waals surface area contributed by atoms with Crippen molar-refractivity contribution in [2.24, 2.45) is 4.99 Å². The van der Waals surface area contributed by atoms with Crippen LogP contribution in [0.15, 0.2) is 47.5 Å². The van der Waals surface area contributed by atoms with Gasteiger partial charge in [-0.2, -0.15) is 4.99 Å². The van der Waals surface area contributed by atoms with Crippen molar-refractivity contribution in [1.29, 1.82) is 0 Å². The van der Waals surface area contributed by atoms with E-state index in [1.807, 2.05) is 35.8 Å². The minimum absolute atomic E-state index is 0.0140. The molecule has 0 aliphatic heterocycles. The van der Waals surface area contributed by atoms with E-state index in [4.69, 9.17) is 4.74 Å². The molecule has 0 atom stereocenters. The summed E-state index contributed by atoms with van der Waals surface area (Å²) in [7, 11) is 1.60. The zero-order chi connectivity index (χ0) is 19.4. The number of nitrogens with zero attached hydrogens (tertiary/aromatic N) is 3. The van der Waals surface area contributed by atoms with Crippen LogP contribution in [0.2, 0.25) is 0 Å². The molecule has 0 saturated carbocycles. The lowest BCUT2D eigenvalue weighted by atomic mass is 10.1. The Labute approximate surface area is 159 Å². The number of amides is 1. The maximum Gasteiger partial charge on any atom is 0.270 e. The van der Waals surface area contributed by atoms with Crippen LogP contribution in [0.1, 0.15) is 11.1 Å². The second kappa shape index (κ2) is 8.24. The van der Waals surface area contributed by atoms with Gasteiger partial charge < -0.3 is 9.30 Å². The van der Waals surface area contributed by atoms with Crippen LogP contribution in [-0.4, -0.2) is 29.1 Å². The second-order valence-electron chi connectivity index (χ2n) is 6.11. The highest BCUT2D eigenvalue weighted by Gasteiger charge is 2.13. The van der Waals surface area contributed by atoms with Gasteiger partial charge in [0.15, 0.2) is 4.80 Å². The molecule has 1 amide bonds. The molecule has 2 aromatic carbocycles. The van der Waals surface area contributed by atoms with Crippen LogP contribution in [0.4, 0.5) is 5.69 Å². The van der Waals surface area contributed by atoms with Crippen molar-refractivity contribution in [3.63, 3.8) is 0 Å². The number of non-ortho nitro benzene ring substituents is 1. The van der Waals surface area contributed by atoms with Gasteiger partial charge in [0.05, 0.1) is 28.2 Å². The fraction of sp³-hybridized carbons (Fsp3) is 0.263. The minimum Gasteiger partial charge on any atom is -0.383 e. The van der Waals surface area contributed by atoms with Gasteiger partial charge in [-0.3, -0.25) is 14.9 Å². The predicted molar refractivity (Wildman–Crippen MR) is 104 cm³/mol. The van der Waals surface area contributed by atoms with Crippen molar-refractivity contribution in [2.75, 3.05) is 13.7 Å². The Bertz CT molecular complexity index is 1050. The molecule has 27 heavy (non-hydrogen) atoms. The highest BCUT2D eigenvalue weighted by atomic mass is 32.1. The molecule has 7 nitrogen and oxygen atoms in total. The van der Waals surface area contributed by atoms with E-state index in [0.717, 1.165) is 16.6 Å². The van der Waals surface area contributed by atoms with Crippen LogP contribution in [-0.2, 0) is 22.5 Å². The highest BCUT2D eigenvalue weighted by molar-refractivity contribution is 7.16. The number of rotatable bonds is 6. The number of methoxy groups -OCH3 is 1. The van der Waals surface area contributed by atoms with Gasteiger partial charge in [0.1, 0.15) is 0 Å². The molecule has 0 spiro atoms. The first-order valence-corrected chi connectivity index (χ1v) is 9.19. The van der Waals surface area contributed by atoms with Crippen molar-refractivity contribution in [3.8, 4) is 0 Å². The number of nitro groups is 1. The van der Waals surface area contributed by atoms with Gasteiger partial charge in [0, 0.05) is 25.8 Å². The quantitative estimate of drug-likeness (QED) is 0.481. The third-order valence-electron chi connectivity index (χ3n) is 4.09. The summed E-state index contributed by atoms with van der Waals surface area (Å²) in [5.74, 6) is -0.258. The summed E-state index contributed by atoms with van der Waals surface area (Å²) in [6.45, 7) is 2.94. The molecule has 0 unspecified atom stereocenters. The van der Waals surface area contributed by atoms with Gasteiger partial charge in [0.2, 0.25) is 0 Å². The molecular weight excluding hydrogens is 366 g/mol. The fourth-order valence-corrected chi connectivity index (χ4v) is 3.79. The first-order chi connectivity index (χ1) is 13.0. The van der Waals surface area contributed by atoms with Crippen LogP contribution in [0.3, 0.4) is 0 Å². The van der Waals surface area contributed by atoms with E-state index in [1.54, 1.807) is 13.2 Å². The summed E-state index contributed by atoms with van der Waals surface area (Å²) in [6, 6.07) is 12.4. The number of benzene rings is 2. The molecule has 3 aromatic rings. The van der Waals surface area contributed by atoms with Gasteiger partial charge in [-0.25, -0.2) is 0 Å². The standard InChI is InChI=1S/C19H19N3O4S/c1-13-3-5-14(6-4-13)11-18(23)20-19-21(9-10-26-2)16-8-7-15(22(24)25)12-17(16)27-19/h3-8,12H,9-11H2,1-2H3. The number of aromatic nitrogens is 1. The van der Waals surface area contributed by atoms with E-state index in [0.29, 0.717) is 22.7 Å². The molecule has 3 rings (SSSR count). The summed E-state index contributed by atoms with van der Waals surface area (Å²) in [6.07, 6.45) is 0.207. The number of hydrogen-bond acceptors (Lipinski definition) is 5. The Balaban J connectivity index is 1.99. The number of nitro benzene ring substituents is 1. The maximum absolute atomic E-state index is 12.4. The largest absolute Gasteiger partial charge is 0.383 e.